The molecule has 1 fully saturated rings. The van der Waals surface area contributed by atoms with Crippen LogP contribution in [-0.2, 0) is 4.79 Å². The zero-order valence-electron chi connectivity index (χ0n) is 13.0. The number of nitrogens with zero attached hydrogens (tertiary/aromatic N) is 4. The third-order valence-corrected chi connectivity index (χ3v) is 4.19. The van der Waals surface area contributed by atoms with E-state index >= 15 is 0 Å². The Labute approximate surface area is 133 Å². The molecule has 3 rings (SSSR count). The summed E-state index contributed by atoms with van der Waals surface area (Å²) in [7, 11) is 0. The van der Waals surface area contributed by atoms with Crippen LogP contribution < -0.4 is 0 Å². The van der Waals surface area contributed by atoms with Crippen LogP contribution in [0.25, 0.3) is 0 Å². The second-order valence-corrected chi connectivity index (χ2v) is 5.92. The third-order valence-electron chi connectivity index (χ3n) is 4.19. The number of carbonyl (C=O) groups excluding carboxylic acids is 1. The number of carboxylic acid groups (broad SMARTS) is 1. The molecule has 0 spiro atoms. The molecule has 1 aliphatic rings. The van der Waals surface area contributed by atoms with E-state index in [9.17, 15) is 9.59 Å². The van der Waals surface area contributed by atoms with Gasteiger partial charge in [0.1, 0.15) is 0 Å². The van der Waals surface area contributed by atoms with E-state index < -0.39 is 5.97 Å². The first-order valence-corrected chi connectivity index (χ1v) is 7.46. The van der Waals surface area contributed by atoms with Crippen LogP contribution in [0.1, 0.15) is 40.5 Å². The molecule has 7 nitrogen and oxygen atoms in total. The molecule has 1 aromatic heterocycles. The van der Waals surface area contributed by atoms with Gasteiger partial charge in [-0.15, -0.1) is 5.10 Å². The topological polar surface area (TPSA) is 88.3 Å². The Hall–Kier alpha value is -2.70. The summed E-state index contributed by atoms with van der Waals surface area (Å²) in [5, 5.41) is 16.3. The average Bonchev–Trinajstić information content (AvgIpc) is 2.94. The Bertz CT molecular complexity index is 749. The molecular weight excluding hydrogens is 296 g/mol. The largest absolute Gasteiger partial charge is 0.476 e. The molecule has 2 aromatic rings. The second kappa shape index (κ2) is 5.83. The van der Waals surface area contributed by atoms with Crippen molar-refractivity contribution >= 4 is 11.9 Å². The molecule has 1 unspecified atom stereocenters. The fourth-order valence-electron chi connectivity index (χ4n) is 2.71. The number of aromatic carboxylic acids is 1. The Morgan fingerprint density at radius 3 is 2.70 bits per heavy atom. The van der Waals surface area contributed by atoms with Crippen molar-refractivity contribution < 1.29 is 14.7 Å². The number of benzene rings is 1. The summed E-state index contributed by atoms with van der Waals surface area (Å²) in [6.07, 6.45) is 1.40. The fourth-order valence-corrected chi connectivity index (χ4v) is 2.71. The summed E-state index contributed by atoms with van der Waals surface area (Å²) in [4.78, 5) is 25.1. The average molecular weight is 314 g/mol. The number of carbonyl (C=O) groups is 2. The molecule has 0 radical (unpaired) electrons. The molecule has 23 heavy (non-hydrogen) atoms. The standard InChI is InChI=1S/C16H18N4O3/c1-10-4-3-5-12(6-10)11(2)15(21)19-7-13(8-19)20-9-14(16(22)23)17-18-20/h3-6,9,11,13H,7-8H2,1-2H3,(H,22,23). The molecule has 0 bridgehead atoms. The predicted octanol–water partition coefficient (Wildman–Crippen LogP) is 1.47. The van der Waals surface area contributed by atoms with Crippen molar-refractivity contribution in [3.8, 4) is 0 Å². The Kier molecular flexibility index (Phi) is 3.85. The first-order chi connectivity index (χ1) is 11.0. The van der Waals surface area contributed by atoms with Crippen molar-refractivity contribution in [3.63, 3.8) is 0 Å². The number of aryl methyl sites for hydroxylation is 1. The van der Waals surface area contributed by atoms with Crippen LogP contribution in [0.2, 0.25) is 0 Å². The zero-order valence-corrected chi connectivity index (χ0v) is 13.0. The summed E-state index contributed by atoms with van der Waals surface area (Å²) < 4.78 is 1.52. The SMILES string of the molecule is Cc1cccc(C(C)C(=O)N2CC(n3cc(C(=O)O)nn3)C2)c1. The van der Waals surface area contributed by atoms with Crippen LogP contribution in [0, 0.1) is 6.92 Å². The van der Waals surface area contributed by atoms with Gasteiger partial charge in [0, 0.05) is 13.1 Å². The van der Waals surface area contributed by atoms with Crippen LogP contribution in [0.4, 0.5) is 0 Å². The van der Waals surface area contributed by atoms with E-state index in [2.05, 4.69) is 10.3 Å². The van der Waals surface area contributed by atoms with Crippen LogP contribution >= 0.6 is 0 Å². The van der Waals surface area contributed by atoms with Crippen molar-refractivity contribution in [3.05, 3.63) is 47.3 Å². The third kappa shape index (κ3) is 2.94. The number of amides is 1. The highest BCUT2D eigenvalue weighted by atomic mass is 16.4. The molecule has 1 atom stereocenters. The van der Waals surface area contributed by atoms with Crippen LogP contribution in [0.3, 0.4) is 0 Å². The van der Waals surface area contributed by atoms with Crippen molar-refractivity contribution in [1.29, 1.82) is 0 Å². The van der Waals surface area contributed by atoms with Crippen molar-refractivity contribution in [1.82, 2.24) is 19.9 Å². The first-order valence-electron chi connectivity index (χ1n) is 7.46. The maximum Gasteiger partial charge on any atom is 0.358 e. The summed E-state index contributed by atoms with van der Waals surface area (Å²) >= 11 is 0. The van der Waals surface area contributed by atoms with Gasteiger partial charge in [-0.05, 0) is 19.4 Å². The molecule has 7 heteroatoms. The number of carboxylic acids is 1. The van der Waals surface area contributed by atoms with Crippen molar-refractivity contribution in [2.45, 2.75) is 25.8 Å². The van der Waals surface area contributed by atoms with Gasteiger partial charge in [0.15, 0.2) is 5.69 Å². The van der Waals surface area contributed by atoms with Gasteiger partial charge in [-0.25, -0.2) is 9.48 Å². The van der Waals surface area contributed by atoms with E-state index in [1.54, 1.807) is 4.90 Å². The minimum absolute atomic E-state index is 0.00994. The van der Waals surface area contributed by atoms with Crippen molar-refractivity contribution in [2.24, 2.45) is 0 Å². The first kappa shape index (κ1) is 15.2. The van der Waals surface area contributed by atoms with E-state index in [0.29, 0.717) is 13.1 Å². The van der Waals surface area contributed by atoms with Gasteiger partial charge in [-0.2, -0.15) is 0 Å². The summed E-state index contributed by atoms with van der Waals surface area (Å²) in [5.74, 6) is -1.22. The van der Waals surface area contributed by atoms with E-state index in [-0.39, 0.29) is 23.6 Å². The molecule has 1 aromatic carbocycles. The smallest absolute Gasteiger partial charge is 0.358 e. The van der Waals surface area contributed by atoms with Gasteiger partial charge in [0.05, 0.1) is 18.2 Å². The summed E-state index contributed by atoms with van der Waals surface area (Å²) in [5.41, 5.74) is 2.06. The molecule has 1 amide bonds. The number of aromatic nitrogens is 3. The molecule has 1 aliphatic heterocycles. The quantitative estimate of drug-likeness (QED) is 0.923. The number of likely N-dealkylation sites (tertiary alicyclic amines) is 1. The van der Waals surface area contributed by atoms with Crippen LogP contribution in [-0.4, -0.2) is 50.0 Å². The summed E-state index contributed by atoms with van der Waals surface area (Å²) in [6.45, 7) is 4.96. The molecule has 0 aliphatic carbocycles. The number of hydrogen-bond donors (Lipinski definition) is 1. The zero-order chi connectivity index (χ0) is 16.6. The van der Waals surface area contributed by atoms with Gasteiger partial charge in [0.25, 0.3) is 0 Å². The minimum Gasteiger partial charge on any atom is -0.476 e. The fraction of sp³-hybridized carbons (Fsp3) is 0.375. The number of hydrogen-bond acceptors (Lipinski definition) is 4. The maximum atomic E-state index is 12.5. The lowest BCUT2D eigenvalue weighted by Gasteiger charge is -2.40. The normalized spacial score (nSPS) is 16.0. The monoisotopic (exact) mass is 314 g/mol. The van der Waals surface area contributed by atoms with E-state index in [1.165, 1.54) is 10.9 Å². The lowest BCUT2D eigenvalue weighted by molar-refractivity contribution is -0.138. The molecular formula is C16H18N4O3. The lowest BCUT2D eigenvalue weighted by Crippen LogP contribution is -2.52. The lowest BCUT2D eigenvalue weighted by atomic mass is 9.96. The van der Waals surface area contributed by atoms with Crippen LogP contribution in [0.15, 0.2) is 30.5 Å². The van der Waals surface area contributed by atoms with E-state index in [1.807, 2.05) is 38.1 Å². The molecule has 1 saturated heterocycles. The Balaban J connectivity index is 1.62. The van der Waals surface area contributed by atoms with E-state index in [0.717, 1.165) is 11.1 Å². The second-order valence-electron chi connectivity index (χ2n) is 5.92. The molecule has 120 valence electrons. The van der Waals surface area contributed by atoms with Gasteiger partial charge >= 0.3 is 5.97 Å². The van der Waals surface area contributed by atoms with Gasteiger partial charge in [-0.1, -0.05) is 35.0 Å². The molecule has 2 heterocycles. The minimum atomic E-state index is -1.10. The Morgan fingerprint density at radius 2 is 2.09 bits per heavy atom. The van der Waals surface area contributed by atoms with Gasteiger partial charge in [0.2, 0.25) is 5.91 Å². The molecule has 0 saturated carbocycles. The maximum absolute atomic E-state index is 12.5. The van der Waals surface area contributed by atoms with Crippen molar-refractivity contribution in [2.75, 3.05) is 13.1 Å². The van der Waals surface area contributed by atoms with Gasteiger partial charge in [-0.3, -0.25) is 4.79 Å². The van der Waals surface area contributed by atoms with Crippen LogP contribution in [0.5, 0.6) is 0 Å². The van der Waals surface area contributed by atoms with Gasteiger partial charge < -0.3 is 10.0 Å². The Morgan fingerprint density at radius 1 is 1.35 bits per heavy atom. The van der Waals surface area contributed by atoms with E-state index in [4.69, 9.17) is 5.11 Å². The highest BCUT2D eigenvalue weighted by Crippen LogP contribution is 2.26. The highest BCUT2D eigenvalue weighted by Gasteiger charge is 2.35. The summed E-state index contributed by atoms with van der Waals surface area (Å²) in [6, 6.07) is 7.94. The predicted molar refractivity (Wildman–Crippen MR) is 82.2 cm³/mol. The number of rotatable bonds is 4. The molecule has 1 N–H and O–H groups in total. The highest BCUT2D eigenvalue weighted by molar-refractivity contribution is 5.85.